The zero-order valence-corrected chi connectivity index (χ0v) is 27.5. The van der Waals surface area contributed by atoms with Gasteiger partial charge >= 0.3 is 223 Å². The van der Waals surface area contributed by atoms with Gasteiger partial charge in [0.25, 0.3) is 0 Å². The molecule has 0 aromatic carbocycles. The van der Waals surface area contributed by atoms with Crippen molar-refractivity contribution < 1.29 is 213 Å². The monoisotopic (exact) mass is 838 g/mol. The average Bonchev–Trinajstić information content (AvgIpc) is 2.28. The van der Waals surface area contributed by atoms with Gasteiger partial charge in [-0.1, -0.05) is 0 Å². The number of hydrogen-bond donors (Lipinski definition) is 8. The molecule has 0 bridgehead atoms. The fourth-order valence-corrected chi connectivity index (χ4v) is 1.18. The van der Waals surface area contributed by atoms with Crippen LogP contribution in [-0.4, -0.2) is 147 Å². The van der Waals surface area contributed by atoms with Gasteiger partial charge in [0.1, 0.15) is 0 Å². The van der Waals surface area contributed by atoms with E-state index in [1.807, 2.05) is 0 Å². The summed E-state index contributed by atoms with van der Waals surface area (Å²) in [6.07, 6.45) is -5.75. The van der Waals surface area contributed by atoms with Gasteiger partial charge in [-0.15, -0.1) is 0 Å². The van der Waals surface area contributed by atoms with Gasteiger partial charge in [-0.2, -0.15) is 33.7 Å². The Morgan fingerprint density at radius 3 is 0.735 bits per heavy atom. The first-order chi connectivity index (χ1) is 11.8. The van der Waals surface area contributed by atoms with Crippen LogP contribution in [0.4, 0.5) is 0 Å². The van der Waals surface area contributed by atoms with Gasteiger partial charge in [0, 0.05) is 0 Å². The third-order valence-electron chi connectivity index (χ3n) is 1.16. The van der Waals surface area contributed by atoms with E-state index in [9.17, 15) is 26.4 Å². The maximum Gasteiger partial charge on any atom is 1.00 e. The van der Waals surface area contributed by atoms with Crippen LogP contribution in [0.1, 0.15) is 5.71 Å². The molecule has 8 N–H and O–H groups in total. The van der Waals surface area contributed by atoms with E-state index in [0.29, 0.717) is 0 Å². The van der Waals surface area contributed by atoms with E-state index in [1.165, 1.54) is 0 Å². The summed E-state index contributed by atoms with van der Waals surface area (Å²) in [5.41, 5.74) is 0. The van der Waals surface area contributed by atoms with Gasteiger partial charge < -0.3 is 24.3 Å². The molecule has 0 spiro atoms. The van der Waals surface area contributed by atoms with Crippen LogP contribution >= 0.6 is 0 Å². The van der Waals surface area contributed by atoms with Crippen molar-refractivity contribution in [1.82, 2.24) is 0 Å². The van der Waals surface area contributed by atoms with Crippen molar-refractivity contribution in [2.75, 3.05) is 0 Å². The normalized spacial score (nSPS) is 11.6. The zero-order chi connectivity index (χ0) is 23.7. The number of hydrogen-bond acceptors (Lipinski definition) is 14. The van der Waals surface area contributed by atoms with E-state index in [-0.39, 0.29) is 176 Å². The summed E-state index contributed by atoms with van der Waals surface area (Å²) in [6.45, 7) is 0. The van der Waals surface area contributed by atoms with Gasteiger partial charge in [0.05, 0.1) is 0 Å². The van der Waals surface area contributed by atoms with Crippen molar-refractivity contribution in [2.45, 2.75) is 12.2 Å². The second kappa shape index (κ2) is 27.3. The van der Waals surface area contributed by atoms with Crippen LogP contribution in [0.25, 0.3) is 0 Å². The van der Waals surface area contributed by atoms with Crippen molar-refractivity contribution in [3.05, 3.63) is 0 Å². The number of aliphatic hydroxyl groups is 2. The predicted octanol–water partition coefficient (Wildman–Crippen LogP) is -18.8. The molecule has 190 valence electrons. The smallest absolute Gasteiger partial charge is 1.00 e. The summed E-state index contributed by atoms with van der Waals surface area (Å²) < 4.78 is 126. The number of rotatable bonds is 5. The Kier molecular flexibility index (Phi) is 49.8. The van der Waals surface area contributed by atoms with Crippen molar-refractivity contribution in [3.63, 3.8) is 0 Å². The Bertz CT molecular complexity index is 882. The van der Waals surface area contributed by atoms with E-state index < -0.39 is 65.7 Å². The second-order valence-electron chi connectivity index (χ2n) is 3.45. The molecule has 20 nitrogen and oxygen atoms in total. The largest absolute Gasteiger partial charge is 1.00 e. The molecule has 2 atom stereocenters. The first kappa shape index (κ1) is 62.0. The van der Waals surface area contributed by atoms with Crippen LogP contribution in [0.2, 0.25) is 0 Å². The summed E-state index contributed by atoms with van der Waals surface area (Å²) in [5.74, 6) is -4.37. The van der Waals surface area contributed by atoms with Crippen LogP contribution in [0.5, 0.6) is 0 Å². The molecular formula is C4H20In2Na4O20S4. The Labute approximate surface area is 324 Å². The van der Waals surface area contributed by atoms with E-state index >= 15 is 0 Å². The molecule has 0 amide bonds. The van der Waals surface area contributed by atoms with Crippen LogP contribution in [-0.2, 0) is 59.6 Å². The Morgan fingerprint density at radius 2 is 0.647 bits per heavy atom. The molecule has 0 aromatic rings. The first-order valence-electron chi connectivity index (χ1n) is 5.01. The fourth-order valence-electron chi connectivity index (χ4n) is 0.564. The molecule has 34 heavy (non-hydrogen) atoms. The third-order valence-corrected chi connectivity index (χ3v) is 1.91. The van der Waals surface area contributed by atoms with Gasteiger partial charge in [-0.25, -0.2) is 9.59 Å². The summed E-state index contributed by atoms with van der Waals surface area (Å²) in [4.78, 5) is 21.4. The van der Waals surface area contributed by atoms with E-state index in [2.05, 4.69) is 8.37 Å². The van der Waals surface area contributed by atoms with Gasteiger partial charge in [-0.3, -0.25) is 27.3 Å². The van der Waals surface area contributed by atoms with E-state index in [1.54, 1.807) is 0 Å². The Balaban J connectivity index is -0.0000000248. The molecule has 0 fully saturated rings. The standard InChI is InChI=1S/C4H6O12S2.2In.4Na.2H2O4S.10H/c5-1(3(7)15-17(9,10)11)2(6)4(8)16-18(12,13)14;;;;;;;2*1-5(2,3)4;;;;;;;;;;/h1-2,5-6H,(H,9,10,11)(H,12,13,14);;;;;;;2*(H2,1,2,3,4);;;;;;;;;;/q;;;4*+1;;;;;;;;;4*-1. The summed E-state index contributed by atoms with van der Waals surface area (Å²) in [7, 11) is -19.9. The van der Waals surface area contributed by atoms with Gasteiger partial charge in [0.2, 0.25) is 0 Å². The summed E-state index contributed by atoms with van der Waals surface area (Å²) in [5, 5.41) is 17.7. The van der Waals surface area contributed by atoms with Crippen LogP contribution in [0.15, 0.2) is 0 Å². The second-order valence-corrected chi connectivity index (χ2v) is 7.28. The first-order valence-corrected chi connectivity index (χ1v) is 10.5. The molecule has 0 aromatic heterocycles. The molecular weight excluding hydrogens is 818 g/mol. The molecule has 2 unspecified atom stereocenters. The van der Waals surface area contributed by atoms with Crippen molar-refractivity contribution in [1.29, 1.82) is 0 Å². The molecule has 30 heteroatoms. The van der Waals surface area contributed by atoms with Crippen LogP contribution in [0, 0.1) is 0 Å². The SMILES string of the molecule is O=C(OS(=O)(=O)O)C(O)C(O)C(=O)OS(=O)(=O)O.O=S(=O)(O)O.O=S(=O)(O)O.[H-].[H-].[H-].[H-].[InH3].[InH3].[Na+].[Na+].[Na+].[Na+]. The minimum Gasteiger partial charge on any atom is 1.00 e. The van der Waals surface area contributed by atoms with Crippen LogP contribution < -0.4 is 118 Å². The van der Waals surface area contributed by atoms with Gasteiger partial charge in [-0.05, 0) is 0 Å². The zero-order valence-electron chi connectivity index (χ0n) is 20.3. The molecule has 0 rings (SSSR count). The minimum absolute atomic E-state index is 0. The van der Waals surface area contributed by atoms with Crippen LogP contribution in [0.3, 0.4) is 0 Å². The Morgan fingerprint density at radius 1 is 0.529 bits per heavy atom. The summed E-state index contributed by atoms with van der Waals surface area (Å²) in [6, 6.07) is 0. The molecule has 0 radical (unpaired) electrons. The van der Waals surface area contributed by atoms with Crippen molar-refractivity contribution in [2.24, 2.45) is 0 Å². The fraction of sp³-hybridized carbons (Fsp3) is 0.500. The topological polar surface area (TPSA) is 351 Å². The third kappa shape index (κ3) is 65.3. The van der Waals surface area contributed by atoms with E-state index in [0.717, 1.165) is 0 Å². The predicted molar refractivity (Wildman–Crippen MR) is 100.0 cm³/mol. The minimum atomic E-state index is -5.30. The van der Waals surface area contributed by atoms with Gasteiger partial charge in [0.15, 0.2) is 12.2 Å². The molecule has 0 aliphatic carbocycles. The number of aliphatic hydroxyl groups excluding tert-OH is 2. The number of carbonyl (C=O) groups is 2. The molecule has 0 aliphatic heterocycles. The van der Waals surface area contributed by atoms with Crippen molar-refractivity contribution in [3.8, 4) is 0 Å². The summed E-state index contributed by atoms with van der Waals surface area (Å²) >= 11 is 0. The number of carbonyl (C=O) groups excluding carboxylic acids is 2. The molecule has 0 heterocycles. The average molecular weight is 838 g/mol. The van der Waals surface area contributed by atoms with E-state index in [4.69, 9.17) is 54.4 Å². The molecule has 0 saturated heterocycles. The maximum atomic E-state index is 10.7. The van der Waals surface area contributed by atoms with Crippen molar-refractivity contribution >= 4 is 105 Å². The maximum absolute atomic E-state index is 10.7. The quantitative estimate of drug-likeness (QED) is 0.0941. The molecule has 0 saturated carbocycles. The molecule has 0 aliphatic rings. The Hall–Kier alpha value is 4.16.